The van der Waals surface area contributed by atoms with Crippen molar-refractivity contribution in [3.05, 3.63) is 0 Å². The maximum atomic E-state index is 13.9. The normalized spacial score (nSPS) is 17.8. The number of alkyl halides is 1. The predicted octanol–water partition coefficient (Wildman–Crippen LogP) is 2.42. The molecular formula is C10H20FNO. The molecule has 3 heteroatoms. The Hall–Kier alpha value is -0.600. The van der Waals surface area contributed by atoms with E-state index in [0.717, 1.165) is 6.42 Å². The van der Waals surface area contributed by atoms with Crippen LogP contribution >= 0.6 is 0 Å². The molecule has 2 N–H and O–H groups in total. The summed E-state index contributed by atoms with van der Waals surface area (Å²) >= 11 is 0. The first-order chi connectivity index (χ1) is 5.96. The van der Waals surface area contributed by atoms with Crippen molar-refractivity contribution in [2.45, 2.75) is 52.1 Å². The number of halogens is 1. The van der Waals surface area contributed by atoms with E-state index in [1.807, 2.05) is 20.8 Å². The monoisotopic (exact) mass is 189 g/mol. The smallest absolute Gasteiger partial charge is 0.255 e. The van der Waals surface area contributed by atoms with Crippen LogP contribution in [0.15, 0.2) is 0 Å². The van der Waals surface area contributed by atoms with E-state index in [2.05, 4.69) is 0 Å². The van der Waals surface area contributed by atoms with Gasteiger partial charge in [0.15, 0.2) is 5.67 Å². The summed E-state index contributed by atoms with van der Waals surface area (Å²) in [6.45, 7) is 5.78. The Bertz CT molecular complexity index is 172. The highest BCUT2D eigenvalue weighted by atomic mass is 19.1. The molecule has 78 valence electrons. The lowest BCUT2D eigenvalue weighted by Crippen LogP contribution is -2.41. The number of hydrogen-bond donors (Lipinski definition) is 1. The van der Waals surface area contributed by atoms with Crippen molar-refractivity contribution in [2.24, 2.45) is 11.7 Å². The summed E-state index contributed by atoms with van der Waals surface area (Å²) in [5.74, 6) is -0.598. The number of hydrogen-bond acceptors (Lipinski definition) is 1. The maximum absolute atomic E-state index is 13.9. The first-order valence-corrected chi connectivity index (χ1v) is 4.95. The highest BCUT2D eigenvalue weighted by molar-refractivity contribution is 5.83. The van der Waals surface area contributed by atoms with E-state index in [-0.39, 0.29) is 18.8 Å². The molecule has 0 saturated carbocycles. The summed E-state index contributed by atoms with van der Waals surface area (Å²) < 4.78 is 13.9. The fourth-order valence-electron chi connectivity index (χ4n) is 1.42. The lowest BCUT2D eigenvalue weighted by atomic mass is 9.87. The maximum Gasteiger partial charge on any atom is 0.255 e. The SMILES string of the molecule is CCCC(F)(CC(C)CC)C(N)=O. The Morgan fingerprint density at radius 3 is 2.38 bits per heavy atom. The zero-order chi connectivity index (χ0) is 10.5. The Morgan fingerprint density at radius 1 is 1.54 bits per heavy atom. The zero-order valence-corrected chi connectivity index (χ0v) is 8.77. The van der Waals surface area contributed by atoms with Gasteiger partial charge in [0.05, 0.1) is 0 Å². The second-order valence-corrected chi connectivity index (χ2v) is 3.80. The molecule has 2 atom stereocenters. The summed E-state index contributed by atoms with van der Waals surface area (Å²) in [7, 11) is 0. The molecule has 0 fully saturated rings. The molecule has 0 bridgehead atoms. The minimum atomic E-state index is -1.79. The standard InChI is InChI=1S/C10H20FNO/c1-4-6-10(11,9(12)13)7-8(3)5-2/h8H,4-7H2,1-3H3,(H2,12,13). The van der Waals surface area contributed by atoms with Crippen LogP contribution in [-0.4, -0.2) is 11.6 Å². The molecule has 0 aliphatic heterocycles. The van der Waals surface area contributed by atoms with Gasteiger partial charge in [-0.1, -0.05) is 33.6 Å². The van der Waals surface area contributed by atoms with Crippen molar-refractivity contribution in [3.8, 4) is 0 Å². The van der Waals surface area contributed by atoms with Crippen molar-refractivity contribution >= 4 is 5.91 Å². The molecule has 13 heavy (non-hydrogen) atoms. The molecule has 0 saturated heterocycles. The fourth-order valence-corrected chi connectivity index (χ4v) is 1.42. The lowest BCUT2D eigenvalue weighted by Gasteiger charge is -2.24. The summed E-state index contributed by atoms with van der Waals surface area (Å²) in [6.07, 6.45) is 2.03. The number of rotatable bonds is 6. The van der Waals surface area contributed by atoms with Crippen molar-refractivity contribution in [2.75, 3.05) is 0 Å². The second-order valence-electron chi connectivity index (χ2n) is 3.80. The fraction of sp³-hybridized carbons (Fsp3) is 0.900. The molecule has 2 nitrogen and oxygen atoms in total. The van der Waals surface area contributed by atoms with Gasteiger partial charge in [0.25, 0.3) is 5.91 Å². The van der Waals surface area contributed by atoms with E-state index in [9.17, 15) is 9.18 Å². The van der Waals surface area contributed by atoms with E-state index < -0.39 is 11.6 Å². The number of carbonyl (C=O) groups is 1. The van der Waals surface area contributed by atoms with Gasteiger partial charge in [-0.15, -0.1) is 0 Å². The van der Waals surface area contributed by atoms with Gasteiger partial charge in [0.2, 0.25) is 0 Å². The number of amides is 1. The van der Waals surface area contributed by atoms with Crippen LogP contribution in [0.2, 0.25) is 0 Å². The summed E-state index contributed by atoms with van der Waals surface area (Å²) in [5, 5.41) is 0. The second kappa shape index (κ2) is 5.20. The van der Waals surface area contributed by atoms with Crippen LogP contribution in [0.1, 0.15) is 46.5 Å². The van der Waals surface area contributed by atoms with Gasteiger partial charge in [-0.3, -0.25) is 4.79 Å². The Balaban J connectivity index is 4.32. The van der Waals surface area contributed by atoms with Crippen LogP contribution in [0.5, 0.6) is 0 Å². The van der Waals surface area contributed by atoms with E-state index in [1.54, 1.807) is 0 Å². The first-order valence-electron chi connectivity index (χ1n) is 4.95. The molecule has 0 aliphatic rings. The minimum Gasteiger partial charge on any atom is -0.367 e. The van der Waals surface area contributed by atoms with Gasteiger partial charge in [-0.05, 0) is 18.8 Å². The lowest BCUT2D eigenvalue weighted by molar-refractivity contribution is -0.131. The molecule has 0 aliphatic carbocycles. The van der Waals surface area contributed by atoms with Crippen molar-refractivity contribution in [1.29, 1.82) is 0 Å². The molecule has 0 aromatic heterocycles. The van der Waals surface area contributed by atoms with Gasteiger partial charge in [0, 0.05) is 0 Å². The Labute approximate surface area is 79.7 Å². The molecule has 0 aromatic carbocycles. The third-order valence-corrected chi connectivity index (χ3v) is 2.46. The van der Waals surface area contributed by atoms with Gasteiger partial charge < -0.3 is 5.73 Å². The molecule has 0 spiro atoms. The molecular weight excluding hydrogens is 169 g/mol. The van der Waals surface area contributed by atoms with Crippen molar-refractivity contribution < 1.29 is 9.18 Å². The quantitative estimate of drug-likeness (QED) is 0.685. The van der Waals surface area contributed by atoms with Crippen LogP contribution in [0.25, 0.3) is 0 Å². The van der Waals surface area contributed by atoms with E-state index in [1.165, 1.54) is 0 Å². The predicted molar refractivity (Wildman–Crippen MR) is 52.0 cm³/mol. The molecule has 0 aromatic rings. The van der Waals surface area contributed by atoms with Gasteiger partial charge >= 0.3 is 0 Å². The molecule has 2 unspecified atom stereocenters. The van der Waals surface area contributed by atoms with E-state index in [0.29, 0.717) is 6.42 Å². The molecule has 0 rings (SSSR count). The third-order valence-electron chi connectivity index (χ3n) is 2.46. The highest BCUT2D eigenvalue weighted by Gasteiger charge is 2.36. The highest BCUT2D eigenvalue weighted by Crippen LogP contribution is 2.27. The Morgan fingerprint density at radius 2 is 2.08 bits per heavy atom. The van der Waals surface area contributed by atoms with Crippen molar-refractivity contribution in [1.82, 2.24) is 0 Å². The third kappa shape index (κ3) is 3.75. The van der Waals surface area contributed by atoms with E-state index in [4.69, 9.17) is 5.73 Å². The largest absolute Gasteiger partial charge is 0.367 e. The summed E-state index contributed by atoms with van der Waals surface area (Å²) in [4.78, 5) is 10.9. The average molecular weight is 189 g/mol. The number of primary amides is 1. The van der Waals surface area contributed by atoms with E-state index >= 15 is 0 Å². The summed E-state index contributed by atoms with van der Waals surface area (Å²) in [6, 6.07) is 0. The molecule has 0 radical (unpaired) electrons. The summed E-state index contributed by atoms with van der Waals surface area (Å²) in [5.41, 5.74) is 3.26. The zero-order valence-electron chi connectivity index (χ0n) is 8.77. The number of nitrogens with two attached hydrogens (primary N) is 1. The van der Waals surface area contributed by atoms with Crippen LogP contribution in [0.4, 0.5) is 4.39 Å². The van der Waals surface area contributed by atoms with Crippen LogP contribution in [0, 0.1) is 5.92 Å². The Kier molecular flexibility index (Phi) is 4.96. The first kappa shape index (κ1) is 12.4. The van der Waals surface area contributed by atoms with Crippen LogP contribution in [0.3, 0.4) is 0 Å². The van der Waals surface area contributed by atoms with Gasteiger partial charge in [-0.2, -0.15) is 0 Å². The topological polar surface area (TPSA) is 43.1 Å². The van der Waals surface area contributed by atoms with Gasteiger partial charge in [0.1, 0.15) is 0 Å². The average Bonchev–Trinajstić information content (AvgIpc) is 2.04. The molecule has 1 amide bonds. The van der Waals surface area contributed by atoms with Crippen LogP contribution < -0.4 is 5.73 Å². The molecule has 0 heterocycles. The van der Waals surface area contributed by atoms with Crippen LogP contribution in [-0.2, 0) is 4.79 Å². The number of carbonyl (C=O) groups excluding carboxylic acids is 1. The minimum absolute atomic E-state index is 0.212. The van der Waals surface area contributed by atoms with Crippen molar-refractivity contribution in [3.63, 3.8) is 0 Å². The van der Waals surface area contributed by atoms with Gasteiger partial charge in [-0.25, -0.2) is 4.39 Å².